The van der Waals surface area contributed by atoms with Crippen molar-refractivity contribution in [2.24, 2.45) is 0 Å². The fourth-order valence-electron chi connectivity index (χ4n) is 2.08. The lowest BCUT2D eigenvalue weighted by Gasteiger charge is -2.24. The summed E-state index contributed by atoms with van der Waals surface area (Å²) in [5.41, 5.74) is 0.623. The maximum absolute atomic E-state index is 14.1. The molecule has 2 aromatic rings. The van der Waals surface area contributed by atoms with Crippen LogP contribution in [0.5, 0.6) is 0 Å². The fraction of sp³-hybridized carbons (Fsp3) is 0.500. The monoisotopic (exact) mass is 318 g/mol. The lowest BCUT2D eigenvalue weighted by atomic mass is 10.2. The Labute approximate surface area is 126 Å². The van der Waals surface area contributed by atoms with E-state index in [1.165, 1.54) is 6.07 Å². The van der Waals surface area contributed by atoms with Gasteiger partial charge in [0.15, 0.2) is 11.6 Å². The van der Waals surface area contributed by atoms with Crippen molar-refractivity contribution in [3.63, 3.8) is 0 Å². The molecule has 1 unspecified atom stereocenters. The van der Waals surface area contributed by atoms with E-state index >= 15 is 0 Å². The van der Waals surface area contributed by atoms with Gasteiger partial charge in [0, 0.05) is 11.3 Å². The van der Waals surface area contributed by atoms with E-state index in [9.17, 15) is 8.78 Å². The molecular formula is C14H17ClF2N2S. The summed E-state index contributed by atoms with van der Waals surface area (Å²) in [5, 5.41) is -0.373. The maximum Gasteiger partial charge on any atom is 0.184 e. The van der Waals surface area contributed by atoms with Crippen LogP contribution in [0.25, 0.3) is 11.0 Å². The molecule has 0 fully saturated rings. The molecule has 20 heavy (non-hydrogen) atoms. The molecule has 0 aliphatic rings. The Hall–Kier alpha value is -0.810. The third-order valence-electron chi connectivity index (χ3n) is 3.28. The van der Waals surface area contributed by atoms with E-state index in [0.717, 1.165) is 6.07 Å². The van der Waals surface area contributed by atoms with Gasteiger partial charge in [0.25, 0.3) is 0 Å². The Morgan fingerprint density at radius 2 is 2.05 bits per heavy atom. The third kappa shape index (κ3) is 2.79. The molecule has 0 aliphatic carbocycles. The van der Waals surface area contributed by atoms with E-state index in [-0.39, 0.29) is 15.6 Å². The molecule has 1 atom stereocenters. The highest BCUT2D eigenvalue weighted by molar-refractivity contribution is 7.99. The largest absolute Gasteiger partial charge is 0.323 e. The van der Waals surface area contributed by atoms with Crippen molar-refractivity contribution in [1.29, 1.82) is 0 Å². The molecule has 1 heterocycles. The predicted octanol–water partition coefficient (Wildman–Crippen LogP) is 4.76. The summed E-state index contributed by atoms with van der Waals surface area (Å²) >= 11 is 7.79. The molecule has 1 aromatic heterocycles. The Balaban J connectivity index is 2.70. The molecule has 6 heteroatoms. The highest BCUT2D eigenvalue weighted by atomic mass is 35.5. The second-order valence-corrected chi connectivity index (χ2v) is 7.53. The summed E-state index contributed by atoms with van der Waals surface area (Å²) in [5.74, 6) is -1.17. The van der Waals surface area contributed by atoms with Gasteiger partial charge in [-0.05, 0) is 39.2 Å². The van der Waals surface area contributed by atoms with Crippen LogP contribution in [0.3, 0.4) is 0 Å². The number of hydrogen-bond donors (Lipinski definition) is 0. The van der Waals surface area contributed by atoms with Gasteiger partial charge in [-0.25, -0.2) is 13.8 Å². The summed E-state index contributed by atoms with van der Waals surface area (Å²) in [6, 6.07) is 2.58. The molecule has 0 bridgehead atoms. The third-order valence-corrected chi connectivity index (χ3v) is 4.71. The molecule has 0 N–H and O–H groups in total. The molecule has 0 spiro atoms. The van der Waals surface area contributed by atoms with E-state index in [0.29, 0.717) is 17.9 Å². The fourth-order valence-corrected chi connectivity index (χ4v) is 2.51. The van der Waals surface area contributed by atoms with Gasteiger partial charge < -0.3 is 4.57 Å². The van der Waals surface area contributed by atoms with Gasteiger partial charge in [-0.15, -0.1) is 11.6 Å². The minimum Gasteiger partial charge on any atom is -0.323 e. The van der Waals surface area contributed by atoms with Gasteiger partial charge in [-0.3, -0.25) is 0 Å². The van der Waals surface area contributed by atoms with Crippen molar-refractivity contribution in [2.45, 2.75) is 37.4 Å². The lowest BCUT2D eigenvalue weighted by molar-refractivity contribution is 0.502. The molecule has 0 aliphatic heterocycles. The average Bonchev–Trinajstić information content (AvgIpc) is 2.73. The van der Waals surface area contributed by atoms with E-state index in [2.05, 4.69) is 4.98 Å². The number of fused-ring (bicyclic) bond motifs is 1. The number of benzene rings is 1. The Morgan fingerprint density at radius 1 is 1.40 bits per heavy atom. The molecule has 0 amide bonds. The molecule has 110 valence electrons. The first-order valence-corrected chi connectivity index (χ1v) is 7.96. The summed E-state index contributed by atoms with van der Waals surface area (Å²) in [7, 11) is 0. The van der Waals surface area contributed by atoms with Crippen LogP contribution in [-0.2, 0) is 6.54 Å². The minimum absolute atomic E-state index is 0.132. The number of alkyl halides is 1. The standard InChI is InChI=1S/C14H17ClF2N2S/c1-8(15)13-18-10-6-5-9(16)11(17)12(10)19(13)7-14(2,3)20-4/h5-6,8H,7H2,1-4H3. The number of thioether (sulfide) groups is 1. The molecule has 1 aromatic carbocycles. The van der Waals surface area contributed by atoms with E-state index in [1.807, 2.05) is 20.1 Å². The van der Waals surface area contributed by atoms with E-state index < -0.39 is 11.6 Å². The van der Waals surface area contributed by atoms with Crippen molar-refractivity contribution in [3.8, 4) is 0 Å². The summed E-state index contributed by atoms with van der Waals surface area (Å²) in [6.07, 6.45) is 1.99. The van der Waals surface area contributed by atoms with Crippen LogP contribution in [0, 0.1) is 11.6 Å². The molecule has 0 radical (unpaired) electrons. The molecule has 2 nitrogen and oxygen atoms in total. The summed E-state index contributed by atoms with van der Waals surface area (Å²) in [6.45, 7) is 6.38. The first-order chi connectivity index (χ1) is 9.26. The first-order valence-electron chi connectivity index (χ1n) is 6.30. The van der Waals surface area contributed by atoms with Crippen molar-refractivity contribution >= 4 is 34.4 Å². The second-order valence-electron chi connectivity index (χ2n) is 5.37. The first kappa shape index (κ1) is 15.6. The number of halogens is 3. The number of rotatable bonds is 4. The van der Waals surface area contributed by atoms with Crippen molar-refractivity contribution in [2.75, 3.05) is 6.26 Å². The van der Waals surface area contributed by atoms with Crippen LogP contribution in [-0.4, -0.2) is 20.6 Å². The zero-order valence-electron chi connectivity index (χ0n) is 11.9. The Kier molecular flexibility index (Phi) is 4.30. The normalized spacial score (nSPS) is 13.9. The highest BCUT2D eigenvalue weighted by Crippen LogP contribution is 2.32. The van der Waals surface area contributed by atoms with Gasteiger partial charge in [0.1, 0.15) is 11.3 Å². The number of imidazole rings is 1. The van der Waals surface area contributed by atoms with Crippen LogP contribution < -0.4 is 0 Å². The maximum atomic E-state index is 14.1. The van der Waals surface area contributed by atoms with Crippen LogP contribution in [0.4, 0.5) is 8.78 Å². The van der Waals surface area contributed by atoms with E-state index in [4.69, 9.17) is 11.6 Å². The predicted molar refractivity (Wildman–Crippen MR) is 81.5 cm³/mol. The Bertz CT molecular complexity index is 638. The smallest absolute Gasteiger partial charge is 0.184 e. The molecular weight excluding hydrogens is 302 g/mol. The average molecular weight is 319 g/mol. The Morgan fingerprint density at radius 3 is 2.60 bits per heavy atom. The van der Waals surface area contributed by atoms with Gasteiger partial charge in [-0.1, -0.05) is 0 Å². The summed E-state index contributed by atoms with van der Waals surface area (Å²) < 4.78 is 29.2. The lowest BCUT2D eigenvalue weighted by Crippen LogP contribution is -2.24. The second kappa shape index (κ2) is 5.53. The van der Waals surface area contributed by atoms with Crippen LogP contribution >= 0.6 is 23.4 Å². The van der Waals surface area contributed by atoms with Gasteiger partial charge >= 0.3 is 0 Å². The van der Waals surface area contributed by atoms with Gasteiger partial charge in [0.2, 0.25) is 0 Å². The molecule has 0 saturated carbocycles. The summed E-state index contributed by atoms with van der Waals surface area (Å²) in [4.78, 5) is 4.35. The highest BCUT2D eigenvalue weighted by Gasteiger charge is 2.25. The van der Waals surface area contributed by atoms with Crippen molar-refractivity contribution in [3.05, 3.63) is 29.6 Å². The molecule has 2 rings (SSSR count). The molecule has 0 saturated heterocycles. The van der Waals surface area contributed by atoms with Gasteiger partial charge in [-0.2, -0.15) is 11.8 Å². The van der Waals surface area contributed by atoms with Crippen LogP contribution in [0.15, 0.2) is 12.1 Å². The SMILES string of the molecule is CSC(C)(C)Cn1c(C(C)Cl)nc2ccc(F)c(F)c21. The number of hydrogen-bond acceptors (Lipinski definition) is 2. The number of nitrogens with zero attached hydrogens (tertiary/aromatic N) is 2. The number of aromatic nitrogens is 2. The van der Waals surface area contributed by atoms with Crippen molar-refractivity contribution in [1.82, 2.24) is 9.55 Å². The van der Waals surface area contributed by atoms with Gasteiger partial charge in [0.05, 0.1) is 10.9 Å². The zero-order chi connectivity index (χ0) is 15.1. The van der Waals surface area contributed by atoms with E-state index in [1.54, 1.807) is 23.3 Å². The van der Waals surface area contributed by atoms with Crippen molar-refractivity contribution < 1.29 is 8.78 Å². The van der Waals surface area contributed by atoms with Crippen LogP contribution in [0.1, 0.15) is 32.0 Å². The quantitative estimate of drug-likeness (QED) is 0.757. The minimum atomic E-state index is -0.866. The van der Waals surface area contributed by atoms with Crippen LogP contribution in [0.2, 0.25) is 0 Å². The topological polar surface area (TPSA) is 17.8 Å². The zero-order valence-corrected chi connectivity index (χ0v) is 13.4.